The van der Waals surface area contributed by atoms with Gasteiger partial charge in [0.25, 0.3) is 0 Å². The maximum atomic E-state index is 11.2. The highest BCUT2D eigenvalue weighted by Crippen LogP contribution is 2.28. The molecule has 2 aromatic heterocycles. The van der Waals surface area contributed by atoms with Crippen molar-refractivity contribution in [2.75, 3.05) is 23.7 Å². The Kier molecular flexibility index (Phi) is 5.52. The Hall–Kier alpha value is -4.13. The minimum Gasteiger partial charge on any atom is -0.490 e. The van der Waals surface area contributed by atoms with Crippen molar-refractivity contribution in [3.63, 3.8) is 0 Å². The zero-order valence-electron chi connectivity index (χ0n) is 18.1. The molecule has 2 aromatic carbocycles. The number of anilines is 2. The van der Waals surface area contributed by atoms with Gasteiger partial charge in [-0.05, 0) is 53.4 Å². The third kappa shape index (κ3) is 4.57. The quantitative estimate of drug-likeness (QED) is 0.486. The second-order valence-electron chi connectivity index (χ2n) is 8.30. The average molecular weight is 440 g/mol. The number of carbonyl (C=O) groups is 1. The summed E-state index contributed by atoms with van der Waals surface area (Å²) in [5.41, 5.74) is 14.4. The maximum Gasteiger partial charge on any atom is 0.248 e. The molecule has 1 aliphatic heterocycles. The highest BCUT2D eigenvalue weighted by atomic mass is 16.5. The number of hydrogen-bond acceptors (Lipinski definition) is 6. The number of nitrogens with two attached hydrogens (primary N) is 2. The van der Waals surface area contributed by atoms with Crippen molar-refractivity contribution in [1.82, 2.24) is 9.97 Å². The van der Waals surface area contributed by atoms with Crippen molar-refractivity contribution in [3.8, 4) is 16.9 Å². The van der Waals surface area contributed by atoms with E-state index in [4.69, 9.17) is 21.2 Å². The third-order valence-electron chi connectivity index (χ3n) is 6.01. The molecular formula is C26H25N5O2. The van der Waals surface area contributed by atoms with Gasteiger partial charge in [-0.3, -0.25) is 9.78 Å². The zero-order chi connectivity index (χ0) is 22.8. The number of nitrogens with zero attached hydrogens (tertiary/aromatic N) is 3. The molecule has 0 saturated carbocycles. The molecule has 0 aliphatic carbocycles. The summed E-state index contributed by atoms with van der Waals surface area (Å²) in [7, 11) is 0. The van der Waals surface area contributed by atoms with Crippen LogP contribution in [0.4, 0.5) is 11.5 Å². The summed E-state index contributed by atoms with van der Waals surface area (Å²) in [4.78, 5) is 22.4. The van der Waals surface area contributed by atoms with Crippen LogP contribution in [0.5, 0.6) is 5.75 Å². The lowest BCUT2D eigenvalue weighted by Crippen LogP contribution is -2.38. The van der Waals surface area contributed by atoms with E-state index >= 15 is 0 Å². The highest BCUT2D eigenvalue weighted by Gasteiger charge is 2.22. The van der Waals surface area contributed by atoms with Crippen molar-refractivity contribution in [2.24, 2.45) is 5.73 Å². The lowest BCUT2D eigenvalue weighted by molar-refractivity contribution is 0.1000. The predicted octanol–water partition coefficient (Wildman–Crippen LogP) is 4.03. The molecule has 0 unspecified atom stereocenters. The number of fused-ring (bicyclic) bond motifs is 1. The Morgan fingerprint density at radius 3 is 2.42 bits per heavy atom. The fourth-order valence-corrected chi connectivity index (χ4v) is 4.19. The molecule has 0 radical (unpaired) electrons. The van der Waals surface area contributed by atoms with E-state index in [1.807, 2.05) is 18.5 Å². The summed E-state index contributed by atoms with van der Waals surface area (Å²) in [5.74, 6) is 1.29. The van der Waals surface area contributed by atoms with Gasteiger partial charge in [0.15, 0.2) is 0 Å². The van der Waals surface area contributed by atoms with Gasteiger partial charge in [-0.1, -0.05) is 12.1 Å². The Bertz CT molecular complexity index is 1300. The van der Waals surface area contributed by atoms with Crippen LogP contribution in [0.2, 0.25) is 0 Å². The van der Waals surface area contributed by atoms with Crippen LogP contribution in [0, 0.1) is 0 Å². The molecule has 0 atom stereocenters. The monoisotopic (exact) mass is 439 g/mol. The van der Waals surface area contributed by atoms with Crippen LogP contribution in [-0.4, -0.2) is 35.1 Å². The normalized spacial score (nSPS) is 14.4. The number of hydrogen-bond donors (Lipinski definition) is 2. The van der Waals surface area contributed by atoms with E-state index in [1.54, 1.807) is 30.5 Å². The lowest BCUT2D eigenvalue weighted by atomic mass is 10.0. The van der Waals surface area contributed by atoms with Crippen molar-refractivity contribution >= 4 is 28.2 Å². The molecule has 7 nitrogen and oxygen atoms in total. The Morgan fingerprint density at radius 1 is 0.909 bits per heavy atom. The van der Waals surface area contributed by atoms with Gasteiger partial charge in [0.05, 0.1) is 5.69 Å². The fraction of sp³-hybridized carbons (Fsp3) is 0.192. The molecular weight excluding hydrogens is 414 g/mol. The molecule has 4 N–H and O–H groups in total. The van der Waals surface area contributed by atoms with E-state index in [0.29, 0.717) is 11.3 Å². The Labute approximate surface area is 192 Å². The van der Waals surface area contributed by atoms with Crippen LogP contribution >= 0.6 is 0 Å². The maximum absolute atomic E-state index is 11.2. The molecule has 7 heteroatoms. The Morgan fingerprint density at radius 2 is 1.70 bits per heavy atom. The van der Waals surface area contributed by atoms with E-state index in [0.717, 1.165) is 59.4 Å². The first-order valence-corrected chi connectivity index (χ1v) is 11.0. The van der Waals surface area contributed by atoms with Crippen molar-refractivity contribution in [1.29, 1.82) is 0 Å². The topological polar surface area (TPSA) is 107 Å². The number of pyridine rings is 2. The highest BCUT2D eigenvalue weighted by molar-refractivity contribution is 5.92. The molecule has 0 bridgehead atoms. The first-order valence-electron chi connectivity index (χ1n) is 11.0. The first-order chi connectivity index (χ1) is 16.0. The van der Waals surface area contributed by atoms with Gasteiger partial charge in [0.1, 0.15) is 17.7 Å². The predicted molar refractivity (Wildman–Crippen MR) is 130 cm³/mol. The minimum atomic E-state index is -0.436. The van der Waals surface area contributed by atoms with Gasteiger partial charge < -0.3 is 21.1 Å². The largest absolute Gasteiger partial charge is 0.490 e. The van der Waals surface area contributed by atoms with Gasteiger partial charge in [-0.2, -0.15) is 0 Å². The first kappa shape index (κ1) is 20.8. The van der Waals surface area contributed by atoms with Gasteiger partial charge in [0.2, 0.25) is 5.91 Å². The molecule has 33 heavy (non-hydrogen) atoms. The van der Waals surface area contributed by atoms with E-state index in [2.05, 4.69) is 34.1 Å². The van der Waals surface area contributed by atoms with Crippen LogP contribution < -0.4 is 21.1 Å². The van der Waals surface area contributed by atoms with Crippen molar-refractivity contribution in [2.45, 2.75) is 18.9 Å². The molecule has 1 aliphatic rings. The number of benzene rings is 2. The number of piperidine rings is 1. The van der Waals surface area contributed by atoms with E-state index < -0.39 is 5.91 Å². The number of primary amides is 1. The van der Waals surface area contributed by atoms with Crippen molar-refractivity contribution < 1.29 is 9.53 Å². The molecule has 4 aromatic rings. The van der Waals surface area contributed by atoms with Crippen LogP contribution in [0.1, 0.15) is 23.2 Å². The van der Waals surface area contributed by atoms with Crippen LogP contribution in [0.3, 0.4) is 0 Å². The summed E-state index contributed by atoms with van der Waals surface area (Å²) in [6.45, 7) is 1.72. The number of nitrogen functional groups attached to an aromatic ring is 1. The van der Waals surface area contributed by atoms with Gasteiger partial charge in [-0.15, -0.1) is 0 Å². The standard InChI is InChI=1S/C26H25N5O2/c27-22-12-21(14-29-16-22)18-1-2-19-15-30-25(13-20(19)11-18)31-9-7-24(8-10-31)33-23-5-3-17(4-6-23)26(28)32/h1-6,11-16,24H,7-10,27H2,(H2,28,32). The summed E-state index contributed by atoms with van der Waals surface area (Å²) < 4.78 is 6.10. The molecule has 166 valence electrons. The number of aromatic nitrogens is 2. The number of amides is 1. The summed E-state index contributed by atoms with van der Waals surface area (Å²) >= 11 is 0. The van der Waals surface area contributed by atoms with Gasteiger partial charge in [0, 0.05) is 61.0 Å². The molecule has 3 heterocycles. The number of rotatable bonds is 5. The second kappa shape index (κ2) is 8.78. The summed E-state index contributed by atoms with van der Waals surface area (Å²) in [6, 6.07) is 17.4. The average Bonchev–Trinajstić information content (AvgIpc) is 2.84. The van der Waals surface area contributed by atoms with Gasteiger partial charge in [-0.25, -0.2) is 4.98 Å². The van der Waals surface area contributed by atoms with Crippen LogP contribution in [0.15, 0.2) is 73.2 Å². The molecule has 0 spiro atoms. The Balaban J connectivity index is 1.27. The van der Waals surface area contributed by atoms with E-state index in [-0.39, 0.29) is 6.10 Å². The molecule has 5 rings (SSSR count). The fourth-order valence-electron chi connectivity index (χ4n) is 4.19. The van der Waals surface area contributed by atoms with E-state index in [1.165, 1.54) is 0 Å². The summed E-state index contributed by atoms with van der Waals surface area (Å²) in [5, 5.41) is 2.23. The number of ether oxygens (including phenoxy) is 1. The smallest absolute Gasteiger partial charge is 0.248 e. The summed E-state index contributed by atoms with van der Waals surface area (Å²) in [6.07, 6.45) is 7.32. The zero-order valence-corrected chi connectivity index (χ0v) is 18.1. The number of carbonyl (C=O) groups excluding carboxylic acids is 1. The SMILES string of the molecule is NC(=O)c1ccc(OC2CCN(c3cc4cc(-c5cncc(N)c5)ccc4cn3)CC2)cc1. The van der Waals surface area contributed by atoms with Gasteiger partial charge >= 0.3 is 0 Å². The van der Waals surface area contributed by atoms with Crippen LogP contribution in [-0.2, 0) is 0 Å². The molecule has 1 fully saturated rings. The van der Waals surface area contributed by atoms with Crippen LogP contribution in [0.25, 0.3) is 21.9 Å². The molecule has 1 amide bonds. The lowest BCUT2D eigenvalue weighted by Gasteiger charge is -2.33. The minimum absolute atomic E-state index is 0.128. The third-order valence-corrected chi connectivity index (χ3v) is 6.01. The second-order valence-corrected chi connectivity index (χ2v) is 8.30. The van der Waals surface area contributed by atoms with Crippen molar-refractivity contribution in [3.05, 3.63) is 78.8 Å². The molecule has 1 saturated heterocycles. The van der Waals surface area contributed by atoms with E-state index in [9.17, 15) is 4.79 Å².